The van der Waals surface area contributed by atoms with Crippen LogP contribution in [0.3, 0.4) is 0 Å². The second-order valence-corrected chi connectivity index (χ2v) is 13.8. The molecule has 5 aliphatic rings. The highest BCUT2D eigenvalue weighted by Crippen LogP contribution is 2.66. The second kappa shape index (κ2) is 10.8. The normalized spacial score (nSPS) is 36.5. The third-order valence-electron chi connectivity index (χ3n) is 11.9. The maximum Gasteiger partial charge on any atom is 0.158 e. The van der Waals surface area contributed by atoms with Gasteiger partial charge in [0.05, 0.1) is 13.2 Å². The number of hydrogen-bond donors (Lipinski definition) is 0. The molecule has 5 nitrogen and oxygen atoms in total. The Bertz CT molecular complexity index is 1210. The molecule has 7 atom stereocenters. The molecule has 1 aromatic carbocycles. The van der Waals surface area contributed by atoms with Gasteiger partial charge in [-0.15, -0.1) is 0 Å². The fraction of sp³-hybridized carbons (Fsp3) is 0.657. The zero-order valence-electron chi connectivity index (χ0n) is 24.6. The number of fused-ring (bicyclic) bond motifs is 6. The Morgan fingerprint density at radius 2 is 1.90 bits per heavy atom. The van der Waals surface area contributed by atoms with E-state index in [0.29, 0.717) is 35.2 Å². The fourth-order valence-electron chi connectivity index (χ4n) is 9.64. The maximum absolute atomic E-state index is 12.9. The number of ketones is 2. The van der Waals surface area contributed by atoms with E-state index >= 15 is 0 Å². The number of methoxy groups -OCH3 is 1. The van der Waals surface area contributed by atoms with E-state index < -0.39 is 0 Å². The molecular weight excluding hydrogens is 500 g/mol. The fourth-order valence-corrected chi connectivity index (χ4v) is 9.64. The van der Waals surface area contributed by atoms with Crippen LogP contribution in [0.1, 0.15) is 96.5 Å². The molecule has 0 radical (unpaired) electrons. The van der Waals surface area contributed by atoms with Crippen molar-refractivity contribution in [2.45, 2.75) is 97.0 Å². The Morgan fingerprint density at radius 1 is 1.07 bits per heavy atom. The molecule has 216 valence electrons. The predicted molar refractivity (Wildman–Crippen MR) is 156 cm³/mol. The molecule has 4 fully saturated rings. The zero-order chi connectivity index (χ0) is 28.1. The van der Waals surface area contributed by atoms with Gasteiger partial charge < -0.3 is 14.2 Å². The van der Waals surface area contributed by atoms with Crippen LogP contribution in [0, 0.1) is 34.5 Å². The van der Waals surface area contributed by atoms with Crippen LogP contribution in [0.15, 0.2) is 36.6 Å². The lowest BCUT2D eigenvalue weighted by molar-refractivity contribution is -0.148. The summed E-state index contributed by atoms with van der Waals surface area (Å²) < 4.78 is 17.6. The first-order valence-electron chi connectivity index (χ1n) is 15.6. The Morgan fingerprint density at radius 3 is 2.73 bits per heavy atom. The first-order valence-corrected chi connectivity index (χ1v) is 15.6. The van der Waals surface area contributed by atoms with E-state index in [9.17, 15) is 9.59 Å². The van der Waals surface area contributed by atoms with Gasteiger partial charge in [0.2, 0.25) is 0 Å². The van der Waals surface area contributed by atoms with Gasteiger partial charge >= 0.3 is 0 Å². The van der Waals surface area contributed by atoms with Gasteiger partial charge in [-0.25, -0.2) is 0 Å². The van der Waals surface area contributed by atoms with Crippen molar-refractivity contribution in [1.29, 1.82) is 0 Å². The van der Waals surface area contributed by atoms with Gasteiger partial charge in [-0.05, 0) is 116 Å². The Balaban J connectivity index is 1.02. The zero-order valence-corrected chi connectivity index (χ0v) is 24.6. The molecule has 0 aromatic heterocycles. The smallest absolute Gasteiger partial charge is 0.158 e. The van der Waals surface area contributed by atoms with Gasteiger partial charge in [-0.1, -0.05) is 20.4 Å². The highest BCUT2D eigenvalue weighted by Gasteiger charge is 2.60. The van der Waals surface area contributed by atoms with Crippen molar-refractivity contribution in [3.63, 3.8) is 0 Å². The maximum atomic E-state index is 12.9. The van der Waals surface area contributed by atoms with E-state index in [1.807, 2.05) is 24.3 Å². The van der Waals surface area contributed by atoms with Crippen molar-refractivity contribution in [2.75, 3.05) is 13.7 Å². The molecule has 40 heavy (non-hydrogen) atoms. The molecule has 4 aliphatic carbocycles. The summed E-state index contributed by atoms with van der Waals surface area (Å²) in [5.74, 6) is 5.60. The molecule has 1 heterocycles. The van der Waals surface area contributed by atoms with Crippen molar-refractivity contribution in [1.82, 2.24) is 0 Å². The quantitative estimate of drug-likeness (QED) is 0.334. The highest BCUT2D eigenvalue weighted by molar-refractivity contribution is 5.81. The van der Waals surface area contributed by atoms with Gasteiger partial charge in [-0.2, -0.15) is 0 Å². The second-order valence-electron chi connectivity index (χ2n) is 13.8. The lowest BCUT2D eigenvalue weighted by Crippen LogP contribution is -2.54. The van der Waals surface area contributed by atoms with E-state index in [1.165, 1.54) is 32.1 Å². The first kappa shape index (κ1) is 27.8. The van der Waals surface area contributed by atoms with Crippen LogP contribution < -0.4 is 9.47 Å². The van der Waals surface area contributed by atoms with E-state index in [0.717, 1.165) is 73.0 Å². The third kappa shape index (κ3) is 4.86. The van der Waals surface area contributed by atoms with Crippen LogP contribution in [-0.4, -0.2) is 31.4 Å². The molecule has 5 heteroatoms. The average molecular weight is 547 g/mol. The van der Waals surface area contributed by atoms with Gasteiger partial charge in [-0.3, -0.25) is 9.59 Å². The lowest BCUT2D eigenvalue weighted by Gasteiger charge is -2.60. The number of benzene rings is 1. The predicted octanol–water partition coefficient (Wildman–Crippen LogP) is 7.72. The van der Waals surface area contributed by atoms with Crippen LogP contribution in [0.2, 0.25) is 0 Å². The van der Waals surface area contributed by atoms with Crippen molar-refractivity contribution < 1.29 is 23.8 Å². The molecular formula is C35H46O5. The van der Waals surface area contributed by atoms with E-state index in [-0.39, 0.29) is 23.9 Å². The van der Waals surface area contributed by atoms with Gasteiger partial charge in [0.15, 0.2) is 5.78 Å². The number of carbonyl (C=O) groups excluding carboxylic acids is 2. The van der Waals surface area contributed by atoms with E-state index in [1.54, 1.807) is 7.11 Å². The standard InChI is InChI=1S/C35H46O5/c1-22-18-23(28-11-9-27(38-4)20-32(28)40-22)6-5-7-26(37)21-39-33-13-12-30-29-10-8-24-19-25(36)14-16-34(24,2)31(29)15-17-35(30,33)3/h9,11,18,20,24,29-31,33H,1,5-8,10,12-17,19,21H2,2-4H3/t24-,29-,30-,31-,33-,34-,35-/m0/s1. The first-order chi connectivity index (χ1) is 19.2. The van der Waals surface area contributed by atoms with Gasteiger partial charge in [0.25, 0.3) is 0 Å². The minimum Gasteiger partial charge on any atom is -0.497 e. The van der Waals surface area contributed by atoms with Crippen molar-refractivity contribution >= 4 is 17.1 Å². The summed E-state index contributed by atoms with van der Waals surface area (Å²) in [6, 6.07) is 5.84. The van der Waals surface area contributed by atoms with Gasteiger partial charge in [0.1, 0.15) is 29.6 Å². The molecule has 0 bridgehead atoms. The topological polar surface area (TPSA) is 61.8 Å². The molecule has 6 rings (SSSR count). The van der Waals surface area contributed by atoms with Crippen molar-refractivity contribution in [3.05, 3.63) is 42.2 Å². The minimum atomic E-state index is 0.174. The molecule has 0 spiro atoms. The molecule has 0 saturated heterocycles. The number of allylic oxidation sites excluding steroid dienone is 2. The minimum absolute atomic E-state index is 0.174. The third-order valence-corrected chi connectivity index (χ3v) is 11.9. The monoisotopic (exact) mass is 546 g/mol. The van der Waals surface area contributed by atoms with Crippen molar-refractivity contribution in [2.24, 2.45) is 34.5 Å². The Hall–Kier alpha value is -2.40. The number of Topliss-reactive ketones (excluding diaryl/α,β-unsaturated/α-hetero) is 2. The average Bonchev–Trinajstić information content (AvgIpc) is 3.28. The van der Waals surface area contributed by atoms with Crippen LogP contribution >= 0.6 is 0 Å². The summed E-state index contributed by atoms with van der Waals surface area (Å²) >= 11 is 0. The SMILES string of the molecule is C=C1C=C(CCCC(=O)CO[C@H]2CC[C@H]3[C@@H]4CC[C@H]5CC(=O)CC[C@]5(C)[C@H]4CC[C@]23C)c2ccc(OC)cc2O1. The number of ether oxygens (including phenoxy) is 3. The molecule has 1 aliphatic heterocycles. The van der Waals surface area contributed by atoms with Crippen molar-refractivity contribution in [3.8, 4) is 11.5 Å². The summed E-state index contributed by atoms with van der Waals surface area (Å²) in [6.07, 6.45) is 14.2. The largest absolute Gasteiger partial charge is 0.497 e. The number of carbonyl (C=O) groups is 2. The summed E-state index contributed by atoms with van der Waals surface area (Å²) in [5.41, 5.74) is 2.70. The summed E-state index contributed by atoms with van der Waals surface area (Å²) in [4.78, 5) is 25.1. The highest BCUT2D eigenvalue weighted by atomic mass is 16.5. The summed E-state index contributed by atoms with van der Waals surface area (Å²) in [6.45, 7) is 9.17. The van der Waals surface area contributed by atoms with Gasteiger partial charge in [0, 0.05) is 30.9 Å². The number of rotatable bonds is 8. The van der Waals surface area contributed by atoms with Crippen LogP contribution in [0.25, 0.3) is 5.57 Å². The Kier molecular flexibility index (Phi) is 7.48. The lowest BCUT2D eigenvalue weighted by atomic mass is 9.45. The summed E-state index contributed by atoms with van der Waals surface area (Å²) in [7, 11) is 1.65. The molecule has 0 amide bonds. The number of hydrogen-bond acceptors (Lipinski definition) is 5. The van der Waals surface area contributed by atoms with E-state index in [2.05, 4.69) is 20.4 Å². The van der Waals surface area contributed by atoms with Crippen LogP contribution in [-0.2, 0) is 14.3 Å². The van der Waals surface area contributed by atoms with E-state index in [4.69, 9.17) is 14.2 Å². The summed E-state index contributed by atoms with van der Waals surface area (Å²) in [5, 5.41) is 0. The molecule has 1 aromatic rings. The molecule has 0 N–H and O–H groups in total. The molecule has 0 unspecified atom stereocenters. The van der Waals surface area contributed by atoms with Crippen LogP contribution in [0.4, 0.5) is 0 Å². The molecule has 4 saturated carbocycles. The van der Waals surface area contributed by atoms with Crippen LogP contribution in [0.5, 0.6) is 11.5 Å². The Labute approximate surface area is 239 Å².